The van der Waals surface area contributed by atoms with E-state index in [1.165, 1.54) is 30.5 Å². The van der Waals surface area contributed by atoms with Crippen LogP contribution in [0.4, 0.5) is 19.1 Å². The maximum atomic E-state index is 12.0. The summed E-state index contributed by atoms with van der Waals surface area (Å²) in [5.41, 5.74) is 3.18. The van der Waals surface area contributed by atoms with Crippen LogP contribution in [0.15, 0.2) is 47.8 Å². The first kappa shape index (κ1) is 13.8. The normalized spacial score (nSPS) is 11.6. The van der Waals surface area contributed by atoms with E-state index in [9.17, 15) is 13.2 Å². The van der Waals surface area contributed by atoms with E-state index in [1.54, 1.807) is 18.5 Å². The number of aromatic nitrogens is 2. The average Bonchev–Trinajstić information content (AvgIpc) is 2.40. The molecule has 0 radical (unpaired) electrons. The smallest absolute Gasteiger partial charge is 0.406 e. The molecule has 1 aromatic heterocycles. The second-order valence-electron chi connectivity index (χ2n) is 3.56. The Hall–Kier alpha value is -2.64. The fourth-order valence-corrected chi connectivity index (χ4v) is 1.28. The predicted octanol–water partition coefficient (Wildman–Crippen LogP) is 2.82. The molecular weight excluding hydrogens is 273 g/mol. The molecule has 0 unspecified atom stereocenters. The number of halogens is 3. The van der Waals surface area contributed by atoms with Crippen LogP contribution < -0.4 is 10.2 Å². The molecule has 5 nitrogen and oxygen atoms in total. The molecule has 0 spiro atoms. The molecule has 0 saturated heterocycles. The summed E-state index contributed by atoms with van der Waals surface area (Å²) in [6.45, 7) is 0. The second kappa shape index (κ2) is 6.00. The summed E-state index contributed by atoms with van der Waals surface area (Å²) >= 11 is 0. The van der Waals surface area contributed by atoms with Gasteiger partial charge in [-0.15, -0.1) is 13.2 Å². The molecule has 2 aromatic rings. The number of hydrogen-bond acceptors (Lipinski definition) is 5. The summed E-state index contributed by atoms with van der Waals surface area (Å²) in [6, 6.07) is 6.95. The standard InChI is InChI=1S/C12H9F3N4O/c13-12(14,15)20-10-4-2-9(3-5-10)8-18-19-11-16-6-1-7-17-11/h1-8H,(H,16,17,19). The van der Waals surface area contributed by atoms with Crippen molar-refractivity contribution >= 4 is 12.2 Å². The van der Waals surface area contributed by atoms with Gasteiger partial charge in [0.15, 0.2) is 0 Å². The quantitative estimate of drug-likeness (QED) is 0.692. The van der Waals surface area contributed by atoms with Crippen molar-refractivity contribution in [2.24, 2.45) is 5.10 Å². The predicted molar refractivity (Wildman–Crippen MR) is 66.4 cm³/mol. The van der Waals surface area contributed by atoms with Crippen molar-refractivity contribution < 1.29 is 17.9 Å². The van der Waals surface area contributed by atoms with Crippen LogP contribution in [0, 0.1) is 0 Å². The van der Waals surface area contributed by atoms with Crippen molar-refractivity contribution in [3.63, 3.8) is 0 Å². The lowest BCUT2D eigenvalue weighted by molar-refractivity contribution is -0.274. The average molecular weight is 282 g/mol. The summed E-state index contributed by atoms with van der Waals surface area (Å²) in [7, 11) is 0. The molecule has 0 fully saturated rings. The molecule has 1 N–H and O–H groups in total. The van der Waals surface area contributed by atoms with Gasteiger partial charge >= 0.3 is 6.36 Å². The number of nitrogens with zero attached hydrogens (tertiary/aromatic N) is 3. The molecule has 8 heteroatoms. The fourth-order valence-electron chi connectivity index (χ4n) is 1.28. The number of rotatable bonds is 4. The highest BCUT2D eigenvalue weighted by Gasteiger charge is 2.30. The van der Waals surface area contributed by atoms with E-state index in [-0.39, 0.29) is 5.75 Å². The number of anilines is 1. The van der Waals surface area contributed by atoms with Crippen molar-refractivity contribution in [2.45, 2.75) is 6.36 Å². The van der Waals surface area contributed by atoms with Crippen molar-refractivity contribution in [3.8, 4) is 5.75 Å². The minimum absolute atomic E-state index is 0.283. The number of nitrogens with one attached hydrogen (secondary N) is 1. The van der Waals surface area contributed by atoms with E-state index < -0.39 is 6.36 Å². The van der Waals surface area contributed by atoms with Crippen LogP contribution in [-0.4, -0.2) is 22.5 Å². The Labute approximate surface area is 112 Å². The molecule has 0 aliphatic rings. The van der Waals surface area contributed by atoms with Crippen molar-refractivity contribution in [2.75, 3.05) is 5.43 Å². The Bertz CT molecular complexity index is 570. The third-order valence-corrected chi connectivity index (χ3v) is 2.06. The third kappa shape index (κ3) is 4.56. The second-order valence-corrected chi connectivity index (χ2v) is 3.56. The Kier molecular flexibility index (Phi) is 4.14. The van der Waals surface area contributed by atoms with Gasteiger partial charge in [0, 0.05) is 12.4 Å². The molecule has 0 saturated carbocycles. The number of ether oxygens (including phenoxy) is 1. The zero-order chi connectivity index (χ0) is 14.4. The Morgan fingerprint density at radius 3 is 2.35 bits per heavy atom. The Balaban J connectivity index is 1.94. The van der Waals surface area contributed by atoms with Crippen molar-refractivity contribution in [1.82, 2.24) is 9.97 Å². The topological polar surface area (TPSA) is 59.4 Å². The molecule has 0 aliphatic heterocycles. The summed E-state index contributed by atoms with van der Waals surface area (Å²) in [5.74, 6) is 0.0368. The van der Waals surface area contributed by atoms with Crippen LogP contribution >= 0.6 is 0 Å². The molecule has 20 heavy (non-hydrogen) atoms. The SMILES string of the molecule is FC(F)(F)Oc1ccc(C=NNc2ncccn2)cc1. The number of hydrogen-bond donors (Lipinski definition) is 1. The molecular formula is C12H9F3N4O. The molecule has 1 aromatic carbocycles. The van der Waals surface area contributed by atoms with Gasteiger partial charge in [-0.2, -0.15) is 5.10 Å². The largest absolute Gasteiger partial charge is 0.573 e. The lowest BCUT2D eigenvalue weighted by atomic mass is 10.2. The first-order valence-electron chi connectivity index (χ1n) is 5.45. The minimum atomic E-state index is -4.69. The van der Waals surface area contributed by atoms with Gasteiger partial charge in [0.05, 0.1) is 6.21 Å². The highest BCUT2D eigenvalue weighted by molar-refractivity contribution is 5.80. The Morgan fingerprint density at radius 1 is 1.10 bits per heavy atom. The van der Waals surface area contributed by atoms with E-state index in [4.69, 9.17) is 0 Å². The number of alkyl halides is 3. The summed E-state index contributed by atoms with van der Waals surface area (Å²) in [5, 5.41) is 3.85. The fraction of sp³-hybridized carbons (Fsp3) is 0.0833. The first-order valence-corrected chi connectivity index (χ1v) is 5.45. The highest BCUT2D eigenvalue weighted by Crippen LogP contribution is 2.22. The molecule has 2 rings (SSSR count). The van der Waals surface area contributed by atoms with E-state index >= 15 is 0 Å². The number of hydrazone groups is 1. The van der Waals surface area contributed by atoms with Gasteiger partial charge in [0.1, 0.15) is 5.75 Å². The van der Waals surface area contributed by atoms with Gasteiger partial charge in [-0.25, -0.2) is 15.4 Å². The number of benzene rings is 1. The van der Waals surface area contributed by atoms with Gasteiger partial charge in [-0.1, -0.05) is 0 Å². The maximum absolute atomic E-state index is 12.0. The molecule has 0 aliphatic carbocycles. The lowest BCUT2D eigenvalue weighted by Crippen LogP contribution is -2.17. The van der Waals surface area contributed by atoms with Gasteiger partial charge in [-0.05, 0) is 35.9 Å². The molecule has 0 amide bonds. The van der Waals surface area contributed by atoms with Crippen molar-refractivity contribution in [1.29, 1.82) is 0 Å². The zero-order valence-electron chi connectivity index (χ0n) is 10.0. The van der Waals surface area contributed by atoms with E-state index in [1.807, 2.05) is 0 Å². The van der Waals surface area contributed by atoms with Gasteiger partial charge in [0.2, 0.25) is 5.95 Å². The minimum Gasteiger partial charge on any atom is -0.406 e. The lowest BCUT2D eigenvalue weighted by Gasteiger charge is -2.08. The Morgan fingerprint density at radius 2 is 1.75 bits per heavy atom. The van der Waals surface area contributed by atoms with E-state index in [2.05, 4.69) is 25.2 Å². The van der Waals surface area contributed by atoms with Gasteiger partial charge < -0.3 is 4.74 Å². The molecule has 0 bridgehead atoms. The van der Waals surface area contributed by atoms with Crippen LogP contribution in [-0.2, 0) is 0 Å². The van der Waals surface area contributed by atoms with Crippen LogP contribution in [0.1, 0.15) is 5.56 Å². The van der Waals surface area contributed by atoms with Gasteiger partial charge in [0.25, 0.3) is 0 Å². The maximum Gasteiger partial charge on any atom is 0.573 e. The van der Waals surface area contributed by atoms with Crippen LogP contribution in [0.25, 0.3) is 0 Å². The monoisotopic (exact) mass is 282 g/mol. The summed E-state index contributed by atoms with van der Waals surface area (Å²) in [4.78, 5) is 7.77. The molecule has 1 heterocycles. The van der Waals surface area contributed by atoms with Crippen LogP contribution in [0.3, 0.4) is 0 Å². The third-order valence-electron chi connectivity index (χ3n) is 2.06. The van der Waals surface area contributed by atoms with E-state index in [0.717, 1.165) is 0 Å². The summed E-state index contributed by atoms with van der Waals surface area (Å²) < 4.78 is 39.6. The molecule has 0 atom stereocenters. The molecule has 104 valence electrons. The van der Waals surface area contributed by atoms with Crippen LogP contribution in [0.5, 0.6) is 5.75 Å². The van der Waals surface area contributed by atoms with Gasteiger partial charge in [-0.3, -0.25) is 0 Å². The van der Waals surface area contributed by atoms with Crippen LogP contribution in [0.2, 0.25) is 0 Å². The zero-order valence-corrected chi connectivity index (χ0v) is 10.0. The first-order chi connectivity index (χ1) is 9.53. The van der Waals surface area contributed by atoms with Crippen molar-refractivity contribution in [3.05, 3.63) is 48.3 Å². The van der Waals surface area contributed by atoms with E-state index in [0.29, 0.717) is 11.5 Å². The summed E-state index contributed by atoms with van der Waals surface area (Å²) in [6.07, 6.45) is -0.169. The highest BCUT2D eigenvalue weighted by atomic mass is 19.4.